The molecule has 0 aromatic heterocycles. The minimum atomic E-state index is 0.488. The lowest BCUT2D eigenvalue weighted by Gasteiger charge is -2.36. The highest BCUT2D eigenvalue weighted by Gasteiger charge is 2.29. The Morgan fingerprint density at radius 3 is 0.966 bits per heavy atom. The Hall–Kier alpha value is 0. The molecule has 0 atom stereocenters. The zero-order valence-corrected chi connectivity index (χ0v) is 23.9. The molecular weight excluding hydrogens is 348 g/mol. The predicted molar refractivity (Wildman–Crippen MR) is 140 cm³/mol. The molecule has 0 aliphatic heterocycles. The van der Waals surface area contributed by atoms with Crippen LogP contribution in [0.4, 0.5) is 0 Å². The van der Waals surface area contributed by atoms with Crippen LogP contribution in [0, 0.1) is 27.6 Å². The Morgan fingerprint density at radius 1 is 0.517 bits per heavy atom. The maximum atomic E-state index is 2.35. The molecule has 0 amide bonds. The third kappa shape index (κ3) is 24.1. The standard InChI is InChI=1S/C12H26.C10H22.C7H16/c1-7-12(8-2,9-3)10-11(4,5)6;1-6-9(7-2)8-10(3,4)5;1-5-6-7(2,3)4/h7-10H2,1-6H3;9H,6-8H2,1-5H3;5-6H2,1-4H3. The van der Waals surface area contributed by atoms with Crippen molar-refractivity contribution in [3.8, 4) is 0 Å². The zero-order valence-electron chi connectivity index (χ0n) is 23.9. The van der Waals surface area contributed by atoms with Crippen molar-refractivity contribution in [1.82, 2.24) is 0 Å². The van der Waals surface area contributed by atoms with Crippen molar-refractivity contribution in [2.75, 3.05) is 0 Å². The summed E-state index contributed by atoms with van der Waals surface area (Å²) in [6.07, 6.45) is 12.1. The molecule has 180 valence electrons. The first kappa shape index (κ1) is 33.6. The first-order chi connectivity index (χ1) is 12.9. The van der Waals surface area contributed by atoms with Gasteiger partial charge in [0.1, 0.15) is 0 Å². The van der Waals surface area contributed by atoms with Gasteiger partial charge in [-0.2, -0.15) is 0 Å². The highest BCUT2D eigenvalue weighted by atomic mass is 14.3. The van der Waals surface area contributed by atoms with Crippen molar-refractivity contribution < 1.29 is 0 Å². The topological polar surface area (TPSA) is 0 Å². The molecule has 0 heterocycles. The summed E-state index contributed by atoms with van der Waals surface area (Å²) in [6.45, 7) is 34.7. The normalized spacial score (nSPS) is 12.8. The summed E-state index contributed by atoms with van der Waals surface area (Å²) in [5, 5.41) is 0. The molecule has 0 saturated carbocycles. The van der Waals surface area contributed by atoms with Crippen LogP contribution in [0.15, 0.2) is 0 Å². The fourth-order valence-corrected chi connectivity index (χ4v) is 4.44. The van der Waals surface area contributed by atoms with Crippen molar-refractivity contribution >= 4 is 0 Å². The monoisotopic (exact) mass is 413 g/mol. The number of hydrogen-bond acceptors (Lipinski definition) is 0. The van der Waals surface area contributed by atoms with Crippen LogP contribution < -0.4 is 0 Å². The van der Waals surface area contributed by atoms with Crippen molar-refractivity contribution in [3.05, 3.63) is 0 Å². The first-order valence-electron chi connectivity index (χ1n) is 12.9. The molecule has 0 aromatic carbocycles. The summed E-state index contributed by atoms with van der Waals surface area (Å²) in [7, 11) is 0. The van der Waals surface area contributed by atoms with E-state index in [9.17, 15) is 0 Å². The second kappa shape index (κ2) is 15.8. The lowest BCUT2D eigenvalue weighted by atomic mass is 9.69. The summed E-state index contributed by atoms with van der Waals surface area (Å²) in [6, 6.07) is 0. The van der Waals surface area contributed by atoms with E-state index in [1.54, 1.807) is 0 Å². The highest BCUT2D eigenvalue weighted by Crippen LogP contribution is 2.41. The minimum absolute atomic E-state index is 0.488. The summed E-state index contributed by atoms with van der Waals surface area (Å²) in [4.78, 5) is 0. The molecule has 0 nitrogen and oxygen atoms in total. The van der Waals surface area contributed by atoms with E-state index in [4.69, 9.17) is 0 Å². The van der Waals surface area contributed by atoms with Gasteiger partial charge in [0.25, 0.3) is 0 Å². The summed E-state index contributed by atoms with van der Waals surface area (Å²) >= 11 is 0. The van der Waals surface area contributed by atoms with E-state index in [2.05, 4.69) is 104 Å². The molecule has 0 spiro atoms. The van der Waals surface area contributed by atoms with E-state index in [0.29, 0.717) is 21.7 Å². The van der Waals surface area contributed by atoms with Gasteiger partial charge in [0, 0.05) is 0 Å². The minimum Gasteiger partial charge on any atom is -0.0654 e. The van der Waals surface area contributed by atoms with Crippen LogP contribution in [-0.2, 0) is 0 Å². The lowest BCUT2D eigenvalue weighted by Crippen LogP contribution is -2.24. The molecule has 0 rings (SSSR count). The van der Waals surface area contributed by atoms with Crippen LogP contribution in [0.2, 0.25) is 0 Å². The van der Waals surface area contributed by atoms with Gasteiger partial charge in [-0.25, -0.2) is 0 Å². The average Bonchev–Trinajstić information content (AvgIpc) is 2.56. The van der Waals surface area contributed by atoms with Crippen molar-refractivity contribution in [2.24, 2.45) is 27.6 Å². The Bertz CT molecular complexity index is 325. The Morgan fingerprint density at radius 2 is 0.897 bits per heavy atom. The molecule has 0 radical (unpaired) electrons. The fraction of sp³-hybridized carbons (Fsp3) is 1.00. The molecule has 0 aliphatic carbocycles. The van der Waals surface area contributed by atoms with E-state index >= 15 is 0 Å². The second-order valence-electron chi connectivity index (χ2n) is 13.1. The number of rotatable bonds is 8. The van der Waals surface area contributed by atoms with Gasteiger partial charge < -0.3 is 0 Å². The summed E-state index contributed by atoms with van der Waals surface area (Å²) in [5.74, 6) is 0.944. The quantitative estimate of drug-likeness (QED) is 0.371. The van der Waals surface area contributed by atoms with Crippen LogP contribution >= 0.6 is 0 Å². The first-order valence-corrected chi connectivity index (χ1v) is 12.9. The third-order valence-electron chi connectivity index (χ3n) is 6.21. The van der Waals surface area contributed by atoms with Gasteiger partial charge in [-0.15, -0.1) is 0 Å². The van der Waals surface area contributed by atoms with Crippen LogP contribution in [0.1, 0.15) is 162 Å². The van der Waals surface area contributed by atoms with E-state index in [1.807, 2.05) is 0 Å². The van der Waals surface area contributed by atoms with Crippen LogP contribution in [-0.4, -0.2) is 0 Å². The molecule has 0 aromatic rings. The molecule has 0 saturated heterocycles. The smallest absolute Gasteiger partial charge is 0.0300 e. The highest BCUT2D eigenvalue weighted by molar-refractivity contribution is 4.80. The van der Waals surface area contributed by atoms with Crippen molar-refractivity contribution in [3.63, 3.8) is 0 Å². The molecule has 0 fully saturated rings. The molecule has 0 unspecified atom stereocenters. The number of hydrogen-bond donors (Lipinski definition) is 0. The van der Waals surface area contributed by atoms with Crippen LogP contribution in [0.25, 0.3) is 0 Å². The molecule has 0 bridgehead atoms. The molecule has 0 heteroatoms. The second-order valence-corrected chi connectivity index (χ2v) is 13.1. The van der Waals surface area contributed by atoms with Gasteiger partial charge in [0.05, 0.1) is 0 Å². The SMILES string of the molecule is CCC(CC)(CC)CC(C)(C)C.CCC(CC)CC(C)(C)C.CCCC(C)(C)C. The predicted octanol–water partition coefficient (Wildman–Crippen LogP) is 11.3. The molecular formula is C29H64. The Balaban J connectivity index is -0.000000362. The zero-order chi connectivity index (χ0) is 23.9. The Labute approximate surface area is 189 Å². The van der Waals surface area contributed by atoms with Crippen molar-refractivity contribution in [1.29, 1.82) is 0 Å². The van der Waals surface area contributed by atoms with Crippen LogP contribution in [0.3, 0.4) is 0 Å². The van der Waals surface area contributed by atoms with Crippen molar-refractivity contribution in [2.45, 2.75) is 162 Å². The average molecular weight is 413 g/mol. The lowest BCUT2D eigenvalue weighted by molar-refractivity contribution is 0.149. The van der Waals surface area contributed by atoms with E-state index in [1.165, 1.54) is 57.8 Å². The molecule has 0 aliphatic rings. The summed E-state index contributed by atoms with van der Waals surface area (Å²) in [5.41, 5.74) is 2.17. The maximum absolute atomic E-state index is 2.35. The molecule has 0 N–H and O–H groups in total. The van der Waals surface area contributed by atoms with Crippen LogP contribution in [0.5, 0.6) is 0 Å². The van der Waals surface area contributed by atoms with E-state index in [0.717, 1.165) is 5.92 Å². The van der Waals surface area contributed by atoms with Gasteiger partial charge >= 0.3 is 0 Å². The third-order valence-corrected chi connectivity index (χ3v) is 6.21. The van der Waals surface area contributed by atoms with Gasteiger partial charge in [-0.3, -0.25) is 0 Å². The van der Waals surface area contributed by atoms with Gasteiger partial charge in [-0.1, -0.05) is 142 Å². The fourth-order valence-electron chi connectivity index (χ4n) is 4.44. The van der Waals surface area contributed by atoms with E-state index in [-0.39, 0.29) is 0 Å². The molecule has 29 heavy (non-hydrogen) atoms. The maximum Gasteiger partial charge on any atom is -0.0300 e. The Kier molecular flexibility index (Phi) is 18.3. The van der Waals surface area contributed by atoms with Gasteiger partial charge in [-0.05, 0) is 46.8 Å². The largest absolute Gasteiger partial charge is 0.0654 e. The van der Waals surface area contributed by atoms with Gasteiger partial charge in [0.2, 0.25) is 0 Å². The van der Waals surface area contributed by atoms with E-state index < -0.39 is 0 Å². The van der Waals surface area contributed by atoms with Gasteiger partial charge in [0.15, 0.2) is 0 Å². The summed E-state index contributed by atoms with van der Waals surface area (Å²) < 4.78 is 0.